The van der Waals surface area contributed by atoms with E-state index in [0.29, 0.717) is 24.5 Å². The van der Waals surface area contributed by atoms with E-state index < -0.39 is 11.8 Å². The normalized spacial score (nSPS) is 14.1. The number of rotatable bonds is 5. The first-order valence-corrected chi connectivity index (χ1v) is 10.4. The molecule has 0 unspecified atom stereocenters. The minimum atomic E-state index is -0.617. The second-order valence-electron chi connectivity index (χ2n) is 7.45. The Bertz CT molecular complexity index is 999. The van der Waals surface area contributed by atoms with Gasteiger partial charge in [-0.2, -0.15) is 0 Å². The maximum atomic E-state index is 12.5. The minimum Gasteiger partial charge on any atom is -0.457 e. The highest BCUT2D eigenvalue weighted by Gasteiger charge is 2.26. The SMILES string of the molecule is O=C(Nc1ccc(Oc2ccccc2)cc1)C(=O)N1CCN(Cc2ccccc2)CC1. The molecule has 3 aromatic carbocycles. The Morgan fingerprint density at radius 3 is 1.97 bits per heavy atom. The highest BCUT2D eigenvalue weighted by atomic mass is 16.5. The quantitative estimate of drug-likeness (QED) is 0.645. The molecule has 0 spiro atoms. The van der Waals surface area contributed by atoms with E-state index in [1.165, 1.54) is 5.56 Å². The molecule has 1 aliphatic heterocycles. The average Bonchev–Trinajstić information content (AvgIpc) is 2.82. The Morgan fingerprint density at radius 1 is 0.742 bits per heavy atom. The van der Waals surface area contributed by atoms with Gasteiger partial charge in [0.1, 0.15) is 11.5 Å². The van der Waals surface area contributed by atoms with Crippen LogP contribution in [0.2, 0.25) is 0 Å². The van der Waals surface area contributed by atoms with Gasteiger partial charge in [0.05, 0.1) is 0 Å². The molecule has 31 heavy (non-hydrogen) atoms. The van der Waals surface area contributed by atoms with Crippen molar-refractivity contribution in [3.63, 3.8) is 0 Å². The number of anilines is 1. The van der Waals surface area contributed by atoms with E-state index in [4.69, 9.17) is 4.74 Å². The summed E-state index contributed by atoms with van der Waals surface area (Å²) < 4.78 is 5.74. The number of nitrogens with one attached hydrogen (secondary N) is 1. The monoisotopic (exact) mass is 415 g/mol. The van der Waals surface area contributed by atoms with E-state index >= 15 is 0 Å². The molecule has 0 bridgehead atoms. The van der Waals surface area contributed by atoms with E-state index in [-0.39, 0.29) is 0 Å². The average molecular weight is 415 g/mol. The van der Waals surface area contributed by atoms with Crippen molar-refractivity contribution in [2.24, 2.45) is 0 Å². The second-order valence-corrected chi connectivity index (χ2v) is 7.45. The van der Waals surface area contributed by atoms with Crippen molar-refractivity contribution in [3.05, 3.63) is 90.5 Å². The van der Waals surface area contributed by atoms with Gasteiger partial charge in [-0.1, -0.05) is 48.5 Å². The van der Waals surface area contributed by atoms with Gasteiger partial charge >= 0.3 is 11.8 Å². The van der Waals surface area contributed by atoms with Crippen LogP contribution in [0.5, 0.6) is 11.5 Å². The van der Waals surface area contributed by atoms with Crippen LogP contribution in [0.3, 0.4) is 0 Å². The summed E-state index contributed by atoms with van der Waals surface area (Å²) in [6, 6.07) is 26.7. The Hall–Kier alpha value is -3.64. The summed E-state index contributed by atoms with van der Waals surface area (Å²) in [6.07, 6.45) is 0. The predicted octanol–water partition coefficient (Wildman–Crippen LogP) is 3.76. The van der Waals surface area contributed by atoms with Crippen LogP contribution < -0.4 is 10.1 Å². The summed E-state index contributed by atoms with van der Waals surface area (Å²) in [4.78, 5) is 28.9. The molecular weight excluding hydrogens is 390 g/mol. The lowest BCUT2D eigenvalue weighted by atomic mass is 10.2. The van der Waals surface area contributed by atoms with Crippen LogP contribution >= 0.6 is 0 Å². The molecule has 0 atom stereocenters. The van der Waals surface area contributed by atoms with Crippen LogP contribution in [0.1, 0.15) is 5.56 Å². The predicted molar refractivity (Wildman–Crippen MR) is 120 cm³/mol. The fourth-order valence-electron chi connectivity index (χ4n) is 3.51. The van der Waals surface area contributed by atoms with E-state index in [1.54, 1.807) is 29.2 Å². The van der Waals surface area contributed by atoms with Crippen molar-refractivity contribution in [1.82, 2.24) is 9.80 Å². The molecule has 1 heterocycles. The van der Waals surface area contributed by atoms with Crippen LogP contribution in [0.15, 0.2) is 84.9 Å². The zero-order valence-electron chi connectivity index (χ0n) is 17.2. The molecule has 0 aromatic heterocycles. The standard InChI is InChI=1S/C25H25N3O3/c29-24(26-21-11-13-23(14-12-21)31-22-9-5-2-6-10-22)25(30)28-17-15-27(16-18-28)19-20-7-3-1-4-8-20/h1-14H,15-19H2,(H,26,29). The molecule has 6 heteroatoms. The molecule has 4 rings (SSSR count). The number of ether oxygens (including phenoxy) is 1. The third kappa shape index (κ3) is 5.71. The van der Waals surface area contributed by atoms with E-state index in [0.717, 1.165) is 25.4 Å². The molecule has 1 aliphatic rings. The van der Waals surface area contributed by atoms with E-state index in [2.05, 4.69) is 22.3 Å². The first-order valence-electron chi connectivity index (χ1n) is 10.4. The summed E-state index contributed by atoms with van der Waals surface area (Å²) >= 11 is 0. The van der Waals surface area contributed by atoms with Crippen LogP contribution in [0, 0.1) is 0 Å². The molecule has 0 saturated carbocycles. The first-order chi connectivity index (χ1) is 15.2. The number of nitrogens with zero attached hydrogens (tertiary/aromatic N) is 2. The van der Waals surface area contributed by atoms with Crippen molar-refractivity contribution < 1.29 is 14.3 Å². The van der Waals surface area contributed by atoms with Crippen LogP contribution in [-0.2, 0) is 16.1 Å². The van der Waals surface area contributed by atoms with Crippen LogP contribution in [0.4, 0.5) is 5.69 Å². The summed E-state index contributed by atoms with van der Waals surface area (Å²) in [6.45, 7) is 3.44. The van der Waals surface area contributed by atoms with Gasteiger partial charge in [0, 0.05) is 38.4 Å². The molecule has 1 N–H and O–H groups in total. The lowest BCUT2D eigenvalue weighted by molar-refractivity contribution is -0.144. The van der Waals surface area contributed by atoms with Crippen molar-refractivity contribution in [2.45, 2.75) is 6.54 Å². The molecular formula is C25H25N3O3. The lowest BCUT2D eigenvalue weighted by Gasteiger charge is -2.34. The fraction of sp³-hybridized carbons (Fsp3) is 0.200. The van der Waals surface area contributed by atoms with Crippen LogP contribution in [-0.4, -0.2) is 47.8 Å². The lowest BCUT2D eigenvalue weighted by Crippen LogP contribution is -2.51. The van der Waals surface area contributed by atoms with Crippen molar-refractivity contribution in [2.75, 3.05) is 31.5 Å². The molecule has 3 aromatic rings. The minimum absolute atomic E-state index is 0.496. The largest absolute Gasteiger partial charge is 0.457 e. The number of carbonyl (C=O) groups is 2. The number of benzene rings is 3. The number of piperazine rings is 1. The summed E-state index contributed by atoms with van der Waals surface area (Å²) in [5.74, 6) is 0.281. The smallest absolute Gasteiger partial charge is 0.313 e. The number of para-hydroxylation sites is 1. The Kier molecular flexibility index (Phi) is 6.59. The summed E-state index contributed by atoms with van der Waals surface area (Å²) in [5.41, 5.74) is 1.81. The highest BCUT2D eigenvalue weighted by Crippen LogP contribution is 2.22. The number of hydrogen-bond acceptors (Lipinski definition) is 4. The molecule has 2 amide bonds. The molecule has 1 fully saturated rings. The van der Waals surface area contributed by atoms with Gasteiger partial charge in [-0.15, -0.1) is 0 Å². The third-order valence-electron chi connectivity index (χ3n) is 5.19. The molecule has 6 nitrogen and oxygen atoms in total. The van der Waals surface area contributed by atoms with Gasteiger partial charge in [-0.05, 0) is 42.0 Å². The molecule has 158 valence electrons. The number of carbonyl (C=O) groups excluding carboxylic acids is 2. The summed E-state index contributed by atoms with van der Waals surface area (Å²) in [7, 11) is 0. The maximum absolute atomic E-state index is 12.5. The Labute approximate surface area is 182 Å². The topological polar surface area (TPSA) is 61.9 Å². The summed E-state index contributed by atoms with van der Waals surface area (Å²) in [5, 5.41) is 2.68. The van der Waals surface area contributed by atoms with Gasteiger partial charge in [-0.25, -0.2) is 0 Å². The third-order valence-corrected chi connectivity index (χ3v) is 5.19. The van der Waals surface area contributed by atoms with Gasteiger partial charge < -0.3 is 15.0 Å². The first kappa shape index (κ1) is 20.6. The zero-order chi connectivity index (χ0) is 21.5. The second kappa shape index (κ2) is 9.91. The van der Waals surface area contributed by atoms with Crippen LogP contribution in [0.25, 0.3) is 0 Å². The molecule has 1 saturated heterocycles. The Morgan fingerprint density at radius 2 is 1.32 bits per heavy atom. The zero-order valence-corrected chi connectivity index (χ0v) is 17.2. The van der Waals surface area contributed by atoms with Crippen molar-refractivity contribution >= 4 is 17.5 Å². The van der Waals surface area contributed by atoms with E-state index in [9.17, 15) is 9.59 Å². The van der Waals surface area contributed by atoms with Crippen molar-refractivity contribution in [1.29, 1.82) is 0 Å². The van der Waals surface area contributed by atoms with Crippen molar-refractivity contribution in [3.8, 4) is 11.5 Å². The molecule has 0 radical (unpaired) electrons. The van der Waals surface area contributed by atoms with Gasteiger partial charge in [-0.3, -0.25) is 14.5 Å². The maximum Gasteiger partial charge on any atom is 0.313 e. The van der Waals surface area contributed by atoms with Gasteiger partial charge in [0.25, 0.3) is 0 Å². The Balaban J connectivity index is 1.25. The highest BCUT2D eigenvalue weighted by molar-refractivity contribution is 6.39. The van der Waals surface area contributed by atoms with Gasteiger partial charge in [0.2, 0.25) is 0 Å². The number of amides is 2. The fourth-order valence-corrected chi connectivity index (χ4v) is 3.51. The van der Waals surface area contributed by atoms with E-state index in [1.807, 2.05) is 48.5 Å². The number of hydrogen-bond donors (Lipinski definition) is 1. The van der Waals surface area contributed by atoms with Gasteiger partial charge in [0.15, 0.2) is 0 Å². The molecule has 0 aliphatic carbocycles.